The van der Waals surface area contributed by atoms with Crippen LogP contribution in [0.25, 0.3) is 0 Å². The van der Waals surface area contributed by atoms with E-state index >= 15 is 0 Å². The molecule has 1 aliphatic heterocycles. The van der Waals surface area contributed by atoms with Crippen LogP contribution < -0.4 is 10.6 Å². The Bertz CT molecular complexity index is 530. The Morgan fingerprint density at radius 3 is 2.74 bits per heavy atom. The molecule has 0 aromatic heterocycles. The highest BCUT2D eigenvalue weighted by Gasteiger charge is 2.31. The number of carbonyl (C=O) groups is 2. The molecule has 0 aliphatic carbocycles. The van der Waals surface area contributed by atoms with E-state index in [2.05, 4.69) is 31.6 Å². The van der Waals surface area contributed by atoms with Crippen molar-refractivity contribution in [3.63, 3.8) is 0 Å². The number of hydrogen-bond donors (Lipinski definition) is 2. The molecule has 0 radical (unpaired) electrons. The molecule has 1 heterocycles. The maximum Gasteiger partial charge on any atom is 0.240 e. The van der Waals surface area contributed by atoms with E-state index < -0.39 is 5.25 Å². The van der Waals surface area contributed by atoms with Gasteiger partial charge in [-0.05, 0) is 24.3 Å². The van der Waals surface area contributed by atoms with E-state index in [1.165, 1.54) is 11.8 Å². The third-order valence-electron chi connectivity index (χ3n) is 2.48. The van der Waals surface area contributed by atoms with Gasteiger partial charge in [0.05, 0.1) is 0 Å². The van der Waals surface area contributed by atoms with Crippen molar-refractivity contribution in [2.24, 2.45) is 4.99 Å². The van der Waals surface area contributed by atoms with Gasteiger partial charge in [-0.15, -0.1) is 0 Å². The first-order valence-corrected chi connectivity index (χ1v) is 7.25. The average Bonchev–Trinajstić information content (AvgIpc) is 2.73. The number of aliphatic imine (C=N–C) groups is 1. The lowest BCUT2D eigenvalue weighted by Gasteiger charge is -2.07. The number of anilines is 1. The van der Waals surface area contributed by atoms with Crippen LogP contribution in [0.15, 0.2) is 33.7 Å². The Labute approximate surface area is 123 Å². The highest BCUT2D eigenvalue weighted by Crippen LogP contribution is 2.23. The quantitative estimate of drug-likeness (QED) is 0.883. The van der Waals surface area contributed by atoms with Crippen LogP contribution in [0.5, 0.6) is 0 Å². The number of amides is 2. The molecule has 1 fully saturated rings. The third-order valence-corrected chi connectivity index (χ3v) is 4.18. The van der Waals surface area contributed by atoms with Gasteiger partial charge in [-0.3, -0.25) is 14.6 Å². The fourth-order valence-corrected chi connectivity index (χ4v) is 2.76. The van der Waals surface area contributed by atoms with E-state index in [-0.39, 0.29) is 18.2 Å². The predicted octanol–water partition coefficient (Wildman–Crippen LogP) is 2.00. The maximum absolute atomic E-state index is 11.8. The Morgan fingerprint density at radius 1 is 1.47 bits per heavy atom. The van der Waals surface area contributed by atoms with Crippen LogP contribution >= 0.6 is 27.7 Å². The molecule has 1 aromatic carbocycles. The molecule has 0 spiro atoms. The summed E-state index contributed by atoms with van der Waals surface area (Å²) in [6, 6.07) is 7.27. The topological polar surface area (TPSA) is 70.6 Å². The van der Waals surface area contributed by atoms with Crippen LogP contribution in [0.2, 0.25) is 0 Å². The van der Waals surface area contributed by atoms with Crippen molar-refractivity contribution in [2.75, 3.05) is 12.4 Å². The SMILES string of the molecule is CN=C1NC(=O)[C@@H](CC(=O)Nc2ccc(Br)cc2)S1. The summed E-state index contributed by atoms with van der Waals surface area (Å²) in [5.41, 5.74) is 0.709. The Morgan fingerprint density at radius 2 is 2.16 bits per heavy atom. The highest BCUT2D eigenvalue weighted by atomic mass is 79.9. The summed E-state index contributed by atoms with van der Waals surface area (Å²) < 4.78 is 0.944. The first-order chi connectivity index (χ1) is 9.08. The summed E-state index contributed by atoms with van der Waals surface area (Å²) in [6.07, 6.45) is 0.131. The van der Waals surface area contributed by atoms with Gasteiger partial charge in [0.2, 0.25) is 11.8 Å². The van der Waals surface area contributed by atoms with Gasteiger partial charge in [0.1, 0.15) is 5.25 Å². The van der Waals surface area contributed by atoms with Gasteiger partial charge in [0, 0.05) is 23.6 Å². The molecule has 1 aliphatic rings. The molecule has 1 atom stereocenters. The number of halogens is 1. The van der Waals surface area contributed by atoms with Crippen LogP contribution in [-0.4, -0.2) is 29.3 Å². The predicted molar refractivity (Wildman–Crippen MR) is 80.3 cm³/mol. The number of carbonyl (C=O) groups excluding carboxylic acids is 2. The van der Waals surface area contributed by atoms with E-state index in [0.717, 1.165) is 4.47 Å². The zero-order chi connectivity index (χ0) is 13.8. The number of amidine groups is 1. The molecule has 0 saturated carbocycles. The van der Waals surface area contributed by atoms with Crippen LogP contribution in [-0.2, 0) is 9.59 Å². The molecule has 1 saturated heterocycles. The molecule has 0 unspecified atom stereocenters. The third kappa shape index (κ3) is 3.81. The van der Waals surface area contributed by atoms with Crippen molar-refractivity contribution < 1.29 is 9.59 Å². The highest BCUT2D eigenvalue weighted by molar-refractivity contribution is 9.10. The minimum absolute atomic E-state index is 0.131. The van der Waals surface area contributed by atoms with Gasteiger partial charge in [-0.1, -0.05) is 27.7 Å². The minimum atomic E-state index is -0.408. The lowest BCUT2D eigenvalue weighted by atomic mass is 10.2. The van der Waals surface area contributed by atoms with Crippen molar-refractivity contribution >= 4 is 50.4 Å². The summed E-state index contributed by atoms with van der Waals surface area (Å²) in [6.45, 7) is 0. The molecule has 7 heteroatoms. The van der Waals surface area contributed by atoms with Crippen molar-refractivity contribution in [1.82, 2.24) is 5.32 Å². The van der Waals surface area contributed by atoms with Gasteiger partial charge in [-0.2, -0.15) is 0 Å². The summed E-state index contributed by atoms with van der Waals surface area (Å²) in [5.74, 6) is -0.358. The summed E-state index contributed by atoms with van der Waals surface area (Å²) in [7, 11) is 1.60. The van der Waals surface area contributed by atoms with Gasteiger partial charge < -0.3 is 10.6 Å². The average molecular weight is 342 g/mol. The monoisotopic (exact) mass is 341 g/mol. The zero-order valence-corrected chi connectivity index (χ0v) is 12.5. The van der Waals surface area contributed by atoms with E-state index in [1.807, 2.05) is 12.1 Å². The largest absolute Gasteiger partial charge is 0.326 e. The van der Waals surface area contributed by atoms with E-state index in [1.54, 1.807) is 19.2 Å². The van der Waals surface area contributed by atoms with Crippen molar-refractivity contribution in [3.05, 3.63) is 28.7 Å². The maximum atomic E-state index is 11.8. The Balaban J connectivity index is 1.91. The van der Waals surface area contributed by atoms with Gasteiger partial charge in [-0.25, -0.2) is 0 Å². The van der Waals surface area contributed by atoms with E-state index in [4.69, 9.17) is 0 Å². The first kappa shape index (κ1) is 14.1. The molecule has 2 amide bonds. The first-order valence-electron chi connectivity index (χ1n) is 5.58. The minimum Gasteiger partial charge on any atom is -0.326 e. The molecule has 2 N–H and O–H groups in total. The van der Waals surface area contributed by atoms with Gasteiger partial charge in [0.15, 0.2) is 5.17 Å². The standard InChI is InChI=1S/C12H12BrN3O2S/c1-14-12-16-11(18)9(19-12)6-10(17)15-8-4-2-7(13)3-5-8/h2-5,9H,6H2,1H3,(H,15,17)(H,14,16,18)/t9-/m1/s1. The van der Waals surface area contributed by atoms with E-state index in [0.29, 0.717) is 10.9 Å². The molecular weight excluding hydrogens is 330 g/mol. The zero-order valence-electron chi connectivity index (χ0n) is 10.1. The number of hydrogen-bond acceptors (Lipinski definition) is 4. The van der Waals surface area contributed by atoms with Gasteiger partial charge >= 0.3 is 0 Å². The second kappa shape index (κ2) is 6.21. The molecule has 2 rings (SSSR count). The number of rotatable bonds is 3. The number of nitrogens with zero attached hydrogens (tertiary/aromatic N) is 1. The molecule has 0 bridgehead atoms. The van der Waals surface area contributed by atoms with Crippen molar-refractivity contribution in [1.29, 1.82) is 0 Å². The van der Waals surface area contributed by atoms with Gasteiger partial charge in [0.25, 0.3) is 0 Å². The fraction of sp³-hybridized carbons (Fsp3) is 0.250. The second-order valence-electron chi connectivity index (χ2n) is 3.88. The van der Waals surface area contributed by atoms with E-state index in [9.17, 15) is 9.59 Å². The second-order valence-corrected chi connectivity index (χ2v) is 5.99. The number of thioether (sulfide) groups is 1. The normalized spacial score (nSPS) is 20.4. The summed E-state index contributed by atoms with van der Waals surface area (Å²) in [4.78, 5) is 27.3. The Hall–Kier alpha value is -1.34. The molecule has 19 heavy (non-hydrogen) atoms. The lowest BCUT2D eigenvalue weighted by Crippen LogP contribution is -2.28. The van der Waals surface area contributed by atoms with Crippen LogP contribution in [0.1, 0.15) is 6.42 Å². The van der Waals surface area contributed by atoms with Crippen LogP contribution in [0.3, 0.4) is 0 Å². The van der Waals surface area contributed by atoms with Crippen molar-refractivity contribution in [2.45, 2.75) is 11.7 Å². The smallest absolute Gasteiger partial charge is 0.240 e. The lowest BCUT2D eigenvalue weighted by molar-refractivity contribution is -0.122. The number of benzene rings is 1. The van der Waals surface area contributed by atoms with Crippen LogP contribution in [0.4, 0.5) is 5.69 Å². The van der Waals surface area contributed by atoms with Crippen LogP contribution in [0, 0.1) is 0 Å². The van der Waals surface area contributed by atoms with Crippen molar-refractivity contribution in [3.8, 4) is 0 Å². The number of nitrogens with one attached hydrogen (secondary N) is 2. The summed E-state index contributed by atoms with van der Waals surface area (Å²) >= 11 is 4.60. The molecule has 1 aromatic rings. The fourth-order valence-electron chi connectivity index (χ4n) is 1.56. The summed E-state index contributed by atoms with van der Waals surface area (Å²) in [5, 5.41) is 5.53. The Kier molecular flexibility index (Phi) is 4.60. The molecular formula is C12H12BrN3O2S. The molecule has 5 nitrogen and oxygen atoms in total. The molecule has 100 valence electrons.